The molecular formula is C18H22BrN3O. The van der Waals surface area contributed by atoms with Gasteiger partial charge < -0.3 is 9.64 Å². The Hall–Kier alpha value is -1.17. The van der Waals surface area contributed by atoms with Crippen molar-refractivity contribution in [1.82, 2.24) is 9.88 Å². The zero-order valence-corrected chi connectivity index (χ0v) is 14.8. The van der Waals surface area contributed by atoms with Crippen LogP contribution in [0.3, 0.4) is 0 Å². The zero-order chi connectivity index (χ0) is 15.6. The van der Waals surface area contributed by atoms with Crippen LogP contribution in [0.25, 0.3) is 10.9 Å². The quantitative estimate of drug-likeness (QED) is 0.823. The van der Waals surface area contributed by atoms with Gasteiger partial charge in [0.15, 0.2) is 0 Å². The van der Waals surface area contributed by atoms with E-state index in [1.54, 1.807) is 0 Å². The third-order valence-electron chi connectivity index (χ3n) is 4.93. The highest BCUT2D eigenvalue weighted by Crippen LogP contribution is 2.29. The van der Waals surface area contributed by atoms with Gasteiger partial charge >= 0.3 is 0 Å². The number of aromatic nitrogens is 1. The molecule has 2 fully saturated rings. The SMILES string of the molecule is Brc1ccc2nccc(N3CCN(CC4CCOC4)CC3)c2c1. The van der Waals surface area contributed by atoms with Gasteiger partial charge in [-0.1, -0.05) is 15.9 Å². The first-order chi connectivity index (χ1) is 11.3. The van der Waals surface area contributed by atoms with Crippen LogP contribution in [-0.2, 0) is 4.74 Å². The van der Waals surface area contributed by atoms with Gasteiger partial charge in [-0.15, -0.1) is 0 Å². The summed E-state index contributed by atoms with van der Waals surface area (Å²) in [5.74, 6) is 0.735. The van der Waals surface area contributed by atoms with Gasteiger partial charge in [-0.2, -0.15) is 0 Å². The summed E-state index contributed by atoms with van der Waals surface area (Å²) in [4.78, 5) is 9.58. The van der Waals surface area contributed by atoms with Crippen molar-refractivity contribution in [2.75, 3.05) is 50.8 Å². The number of nitrogens with zero attached hydrogens (tertiary/aromatic N) is 3. The van der Waals surface area contributed by atoms with Crippen LogP contribution >= 0.6 is 15.9 Å². The average Bonchev–Trinajstić information content (AvgIpc) is 3.08. The Balaban J connectivity index is 1.47. The van der Waals surface area contributed by atoms with Crippen LogP contribution in [-0.4, -0.2) is 55.8 Å². The monoisotopic (exact) mass is 375 g/mol. The molecular weight excluding hydrogens is 354 g/mol. The zero-order valence-electron chi connectivity index (χ0n) is 13.2. The van der Waals surface area contributed by atoms with Crippen molar-refractivity contribution in [2.45, 2.75) is 6.42 Å². The number of hydrogen-bond donors (Lipinski definition) is 0. The standard InChI is InChI=1S/C18H22BrN3O/c19-15-1-2-17-16(11-15)18(3-5-20-17)22-8-6-21(7-9-22)12-14-4-10-23-13-14/h1-3,5,11,14H,4,6-10,12-13H2. The second kappa shape index (κ2) is 6.75. The van der Waals surface area contributed by atoms with E-state index in [4.69, 9.17) is 4.74 Å². The summed E-state index contributed by atoms with van der Waals surface area (Å²) in [6.07, 6.45) is 3.15. The number of anilines is 1. The van der Waals surface area contributed by atoms with Crippen LogP contribution in [0.1, 0.15) is 6.42 Å². The number of halogens is 1. The number of ether oxygens (including phenoxy) is 1. The van der Waals surface area contributed by atoms with Crippen LogP contribution in [0, 0.1) is 5.92 Å². The fourth-order valence-electron chi connectivity index (χ4n) is 3.64. The Labute approximate surface area is 145 Å². The first-order valence-corrected chi connectivity index (χ1v) is 9.18. The molecule has 0 amide bonds. The Morgan fingerprint density at radius 3 is 2.83 bits per heavy atom. The molecule has 4 rings (SSSR count). The van der Waals surface area contributed by atoms with Crippen LogP contribution < -0.4 is 4.90 Å². The predicted molar refractivity (Wildman–Crippen MR) is 97.0 cm³/mol. The number of rotatable bonds is 3. The third kappa shape index (κ3) is 3.37. The van der Waals surface area contributed by atoms with E-state index < -0.39 is 0 Å². The lowest BCUT2D eigenvalue weighted by atomic mass is 10.1. The molecule has 0 spiro atoms. The van der Waals surface area contributed by atoms with E-state index in [2.05, 4.69) is 55.0 Å². The molecule has 1 unspecified atom stereocenters. The minimum Gasteiger partial charge on any atom is -0.381 e. The van der Waals surface area contributed by atoms with E-state index in [-0.39, 0.29) is 0 Å². The minimum atomic E-state index is 0.735. The van der Waals surface area contributed by atoms with Crippen molar-refractivity contribution >= 4 is 32.5 Å². The van der Waals surface area contributed by atoms with Crippen molar-refractivity contribution in [3.63, 3.8) is 0 Å². The Bertz CT molecular complexity index is 679. The van der Waals surface area contributed by atoms with Gasteiger partial charge in [0, 0.05) is 61.1 Å². The van der Waals surface area contributed by atoms with Crippen LogP contribution in [0.2, 0.25) is 0 Å². The largest absolute Gasteiger partial charge is 0.381 e. The van der Waals surface area contributed by atoms with Crippen molar-refractivity contribution in [3.05, 3.63) is 34.9 Å². The van der Waals surface area contributed by atoms with E-state index in [0.717, 1.165) is 55.3 Å². The molecule has 5 heteroatoms. The summed E-state index contributed by atoms with van der Waals surface area (Å²) in [6.45, 7) is 7.52. The number of pyridine rings is 1. The van der Waals surface area contributed by atoms with Crippen LogP contribution in [0.15, 0.2) is 34.9 Å². The molecule has 3 heterocycles. The van der Waals surface area contributed by atoms with Crippen molar-refractivity contribution < 1.29 is 4.74 Å². The Kier molecular flexibility index (Phi) is 4.51. The second-order valence-electron chi connectivity index (χ2n) is 6.51. The molecule has 0 bridgehead atoms. The maximum Gasteiger partial charge on any atom is 0.0723 e. The van der Waals surface area contributed by atoms with E-state index in [9.17, 15) is 0 Å². The summed E-state index contributed by atoms with van der Waals surface area (Å²) in [7, 11) is 0. The fraction of sp³-hybridized carbons (Fsp3) is 0.500. The first kappa shape index (κ1) is 15.4. The normalized spacial score (nSPS) is 22.8. The van der Waals surface area contributed by atoms with E-state index in [0.29, 0.717) is 0 Å². The molecule has 122 valence electrons. The summed E-state index contributed by atoms with van der Waals surface area (Å²) >= 11 is 3.58. The lowest BCUT2D eigenvalue weighted by Crippen LogP contribution is -2.48. The van der Waals surface area contributed by atoms with Crippen LogP contribution in [0.4, 0.5) is 5.69 Å². The summed E-state index contributed by atoms with van der Waals surface area (Å²) in [5.41, 5.74) is 2.37. The molecule has 0 saturated carbocycles. The fourth-order valence-corrected chi connectivity index (χ4v) is 4.00. The number of hydrogen-bond acceptors (Lipinski definition) is 4. The molecule has 23 heavy (non-hydrogen) atoms. The third-order valence-corrected chi connectivity index (χ3v) is 5.43. The number of piperazine rings is 1. The molecule has 1 aromatic carbocycles. The van der Waals surface area contributed by atoms with E-state index in [1.807, 2.05) is 6.20 Å². The molecule has 0 N–H and O–H groups in total. The van der Waals surface area contributed by atoms with E-state index in [1.165, 1.54) is 24.0 Å². The van der Waals surface area contributed by atoms with Crippen LogP contribution in [0.5, 0.6) is 0 Å². The van der Waals surface area contributed by atoms with E-state index >= 15 is 0 Å². The molecule has 0 aliphatic carbocycles. The Morgan fingerprint density at radius 1 is 1.17 bits per heavy atom. The number of benzene rings is 1. The highest BCUT2D eigenvalue weighted by molar-refractivity contribution is 9.10. The van der Waals surface area contributed by atoms with Crippen molar-refractivity contribution in [2.24, 2.45) is 5.92 Å². The lowest BCUT2D eigenvalue weighted by molar-refractivity contribution is 0.164. The van der Waals surface area contributed by atoms with Gasteiger partial charge in [0.1, 0.15) is 0 Å². The number of fused-ring (bicyclic) bond motifs is 1. The molecule has 1 atom stereocenters. The highest BCUT2D eigenvalue weighted by Gasteiger charge is 2.23. The molecule has 2 aromatic rings. The summed E-state index contributed by atoms with van der Waals surface area (Å²) < 4.78 is 6.61. The molecule has 4 nitrogen and oxygen atoms in total. The van der Waals surface area contributed by atoms with Gasteiger partial charge in [0.25, 0.3) is 0 Å². The van der Waals surface area contributed by atoms with Gasteiger partial charge in [-0.05, 0) is 36.6 Å². The summed E-state index contributed by atoms with van der Waals surface area (Å²) in [6, 6.07) is 8.47. The lowest BCUT2D eigenvalue weighted by Gasteiger charge is -2.37. The van der Waals surface area contributed by atoms with Gasteiger partial charge in [-0.3, -0.25) is 9.88 Å². The molecule has 2 aliphatic rings. The maximum atomic E-state index is 5.50. The Morgan fingerprint density at radius 2 is 2.04 bits per heavy atom. The second-order valence-corrected chi connectivity index (χ2v) is 7.42. The minimum absolute atomic E-state index is 0.735. The van der Waals surface area contributed by atoms with Gasteiger partial charge in [0.2, 0.25) is 0 Å². The van der Waals surface area contributed by atoms with Gasteiger partial charge in [0.05, 0.1) is 12.1 Å². The average molecular weight is 376 g/mol. The maximum absolute atomic E-state index is 5.50. The molecule has 2 aliphatic heterocycles. The molecule has 0 radical (unpaired) electrons. The predicted octanol–water partition coefficient (Wildman–Crippen LogP) is 3.16. The van der Waals surface area contributed by atoms with Crippen molar-refractivity contribution in [1.29, 1.82) is 0 Å². The highest BCUT2D eigenvalue weighted by atomic mass is 79.9. The van der Waals surface area contributed by atoms with Gasteiger partial charge in [-0.25, -0.2) is 0 Å². The topological polar surface area (TPSA) is 28.6 Å². The first-order valence-electron chi connectivity index (χ1n) is 8.39. The smallest absolute Gasteiger partial charge is 0.0723 e. The van der Waals surface area contributed by atoms with Crippen molar-refractivity contribution in [3.8, 4) is 0 Å². The molecule has 1 aromatic heterocycles. The summed E-state index contributed by atoms with van der Waals surface area (Å²) in [5, 5.41) is 1.24. The molecule has 2 saturated heterocycles.